The van der Waals surface area contributed by atoms with Gasteiger partial charge < -0.3 is 10.1 Å². The first-order chi connectivity index (χ1) is 15.3. The Morgan fingerprint density at radius 2 is 2.00 bits per heavy atom. The van der Waals surface area contributed by atoms with Gasteiger partial charge in [0.25, 0.3) is 0 Å². The lowest BCUT2D eigenvalue weighted by atomic mass is 9.98. The largest absolute Gasteiger partial charge is 0.490 e. The molecule has 1 aliphatic carbocycles. The molecular formula is C22H30FN3O5S. The average Bonchev–Trinajstić information content (AvgIpc) is 3.44. The normalized spacial score (nSPS) is 24.5. The highest BCUT2D eigenvalue weighted by Gasteiger charge is 2.32. The SMILES string of the molecule is O=C1CCC(NCCCS(=O)(=O)N2CCC(c3ccc(F)c(OCC4CC4)c3)C2)C(=O)N1. The summed E-state index contributed by atoms with van der Waals surface area (Å²) in [5.41, 5.74) is 0.898. The second-order valence-electron chi connectivity index (χ2n) is 8.92. The average molecular weight is 468 g/mol. The number of nitrogens with zero attached hydrogens (tertiary/aromatic N) is 1. The number of nitrogens with one attached hydrogen (secondary N) is 2. The van der Waals surface area contributed by atoms with E-state index in [9.17, 15) is 22.4 Å². The van der Waals surface area contributed by atoms with Gasteiger partial charge in [0, 0.05) is 19.5 Å². The van der Waals surface area contributed by atoms with Gasteiger partial charge in [0.15, 0.2) is 11.6 Å². The van der Waals surface area contributed by atoms with Crippen LogP contribution in [0.15, 0.2) is 18.2 Å². The summed E-state index contributed by atoms with van der Waals surface area (Å²) in [4.78, 5) is 22.9. The van der Waals surface area contributed by atoms with Crippen molar-refractivity contribution < 1.29 is 27.1 Å². The van der Waals surface area contributed by atoms with Crippen LogP contribution in [-0.4, -0.2) is 62.6 Å². The van der Waals surface area contributed by atoms with E-state index in [1.807, 2.05) is 0 Å². The van der Waals surface area contributed by atoms with Crippen LogP contribution in [0.1, 0.15) is 50.0 Å². The minimum atomic E-state index is -3.42. The van der Waals surface area contributed by atoms with Gasteiger partial charge in [-0.15, -0.1) is 0 Å². The first-order valence-corrected chi connectivity index (χ1v) is 12.9. The minimum absolute atomic E-state index is 0.00949. The number of hydrogen-bond acceptors (Lipinski definition) is 6. The van der Waals surface area contributed by atoms with Crippen LogP contribution in [0.2, 0.25) is 0 Å². The third kappa shape index (κ3) is 5.85. The van der Waals surface area contributed by atoms with Crippen LogP contribution < -0.4 is 15.4 Å². The van der Waals surface area contributed by atoms with Crippen LogP contribution >= 0.6 is 0 Å². The van der Waals surface area contributed by atoms with Crippen molar-refractivity contribution in [3.05, 3.63) is 29.6 Å². The second kappa shape index (κ2) is 9.84. The molecule has 8 nitrogen and oxygen atoms in total. The molecule has 0 radical (unpaired) electrons. The third-order valence-corrected chi connectivity index (χ3v) is 8.27. The number of amides is 2. The number of piperidine rings is 1. The standard InChI is InChI=1S/C22H30FN3O5S/c23-18-5-4-16(12-20(18)31-14-15-2-3-15)17-8-10-26(13-17)32(29,30)11-1-9-24-19-6-7-21(27)25-22(19)28/h4-5,12,15,17,19,24H,1-3,6-11,13-14H2,(H,25,27,28). The highest BCUT2D eigenvalue weighted by Crippen LogP contribution is 2.34. The lowest BCUT2D eigenvalue weighted by Gasteiger charge is -2.22. The molecule has 0 bridgehead atoms. The number of benzene rings is 1. The molecule has 2 unspecified atom stereocenters. The van der Waals surface area contributed by atoms with Crippen LogP contribution in [0, 0.1) is 11.7 Å². The number of rotatable bonds is 10. The number of carbonyl (C=O) groups excluding carboxylic acids is 2. The minimum Gasteiger partial charge on any atom is -0.490 e. The monoisotopic (exact) mass is 467 g/mol. The Morgan fingerprint density at radius 3 is 2.75 bits per heavy atom. The van der Waals surface area contributed by atoms with Crippen molar-refractivity contribution in [2.24, 2.45) is 5.92 Å². The highest BCUT2D eigenvalue weighted by molar-refractivity contribution is 7.89. The molecule has 4 rings (SSSR count). The highest BCUT2D eigenvalue weighted by atomic mass is 32.2. The van der Waals surface area contributed by atoms with E-state index in [-0.39, 0.29) is 41.5 Å². The number of hydrogen-bond donors (Lipinski definition) is 2. The van der Waals surface area contributed by atoms with E-state index in [2.05, 4.69) is 10.6 Å². The van der Waals surface area contributed by atoms with E-state index in [1.54, 1.807) is 12.1 Å². The summed E-state index contributed by atoms with van der Waals surface area (Å²) in [7, 11) is -3.42. The van der Waals surface area contributed by atoms with Gasteiger partial charge in [-0.2, -0.15) is 0 Å². The van der Waals surface area contributed by atoms with E-state index >= 15 is 0 Å². The number of imide groups is 1. The summed E-state index contributed by atoms with van der Waals surface area (Å²) in [5, 5.41) is 5.31. The molecule has 3 aliphatic rings. The van der Waals surface area contributed by atoms with Gasteiger partial charge in [0.1, 0.15) is 0 Å². The smallest absolute Gasteiger partial charge is 0.243 e. The van der Waals surface area contributed by atoms with Gasteiger partial charge in [0.2, 0.25) is 21.8 Å². The maximum absolute atomic E-state index is 14.1. The summed E-state index contributed by atoms with van der Waals surface area (Å²) in [5.74, 6) is -0.257. The van der Waals surface area contributed by atoms with Crippen molar-refractivity contribution in [1.82, 2.24) is 14.9 Å². The molecule has 32 heavy (non-hydrogen) atoms. The Hall–Kier alpha value is -2.04. The summed E-state index contributed by atoms with van der Waals surface area (Å²) in [6.07, 6.45) is 4.01. The Labute approximate surface area is 187 Å². The molecule has 1 aromatic rings. The summed E-state index contributed by atoms with van der Waals surface area (Å²) in [6, 6.07) is 4.36. The van der Waals surface area contributed by atoms with Gasteiger partial charge in [-0.05, 0) is 68.2 Å². The summed E-state index contributed by atoms with van der Waals surface area (Å²) in [6.45, 7) is 1.71. The fourth-order valence-corrected chi connectivity index (χ4v) is 5.74. The van der Waals surface area contributed by atoms with Gasteiger partial charge >= 0.3 is 0 Å². The Bertz CT molecular complexity index is 966. The molecule has 2 N–H and O–H groups in total. The maximum Gasteiger partial charge on any atom is 0.243 e. The molecule has 1 saturated carbocycles. The zero-order chi connectivity index (χ0) is 22.7. The van der Waals surface area contributed by atoms with Crippen LogP contribution in [0.4, 0.5) is 4.39 Å². The van der Waals surface area contributed by atoms with E-state index < -0.39 is 16.1 Å². The molecule has 0 aromatic heterocycles. The summed E-state index contributed by atoms with van der Waals surface area (Å²) >= 11 is 0. The van der Waals surface area contributed by atoms with Crippen LogP contribution in [0.3, 0.4) is 0 Å². The van der Waals surface area contributed by atoms with E-state index in [0.717, 1.165) is 18.4 Å². The molecular weight excluding hydrogens is 437 g/mol. The molecule has 3 fully saturated rings. The van der Waals surface area contributed by atoms with Crippen LogP contribution in [0.5, 0.6) is 5.75 Å². The van der Waals surface area contributed by atoms with Crippen molar-refractivity contribution in [2.75, 3.05) is 32.0 Å². The number of halogens is 1. The van der Waals surface area contributed by atoms with Gasteiger partial charge in [-0.1, -0.05) is 6.07 Å². The Kier molecular flexibility index (Phi) is 7.11. The zero-order valence-electron chi connectivity index (χ0n) is 18.0. The quantitative estimate of drug-likeness (QED) is 0.399. The molecule has 10 heteroatoms. The zero-order valence-corrected chi connectivity index (χ0v) is 18.8. The molecule has 2 atom stereocenters. The fraction of sp³-hybridized carbons (Fsp3) is 0.636. The number of carbonyl (C=O) groups is 2. The fourth-order valence-electron chi connectivity index (χ4n) is 4.18. The molecule has 2 aliphatic heterocycles. The van der Waals surface area contributed by atoms with E-state index in [4.69, 9.17) is 4.74 Å². The first kappa shape index (κ1) is 23.1. The molecule has 2 heterocycles. The van der Waals surface area contributed by atoms with E-state index in [0.29, 0.717) is 51.4 Å². The molecule has 2 amide bonds. The van der Waals surface area contributed by atoms with Crippen LogP contribution in [0.25, 0.3) is 0 Å². The molecule has 176 valence electrons. The van der Waals surface area contributed by atoms with Crippen molar-refractivity contribution >= 4 is 21.8 Å². The summed E-state index contributed by atoms with van der Waals surface area (Å²) < 4.78 is 46.7. The van der Waals surface area contributed by atoms with Crippen molar-refractivity contribution in [3.63, 3.8) is 0 Å². The lowest BCUT2D eigenvalue weighted by Crippen LogP contribution is -2.51. The maximum atomic E-state index is 14.1. The molecule has 2 saturated heterocycles. The predicted molar refractivity (Wildman–Crippen MR) is 116 cm³/mol. The second-order valence-corrected chi connectivity index (χ2v) is 11.0. The van der Waals surface area contributed by atoms with Crippen LogP contribution in [-0.2, 0) is 19.6 Å². The Morgan fingerprint density at radius 1 is 1.19 bits per heavy atom. The third-order valence-electron chi connectivity index (χ3n) is 6.35. The predicted octanol–water partition coefficient (Wildman–Crippen LogP) is 1.52. The topological polar surface area (TPSA) is 105 Å². The number of ether oxygens (including phenoxy) is 1. The first-order valence-electron chi connectivity index (χ1n) is 11.3. The lowest BCUT2D eigenvalue weighted by molar-refractivity contribution is -0.134. The van der Waals surface area contributed by atoms with Gasteiger partial charge in [-0.3, -0.25) is 14.9 Å². The molecule has 0 spiro atoms. The van der Waals surface area contributed by atoms with Crippen molar-refractivity contribution in [2.45, 2.75) is 50.5 Å². The number of sulfonamides is 1. The van der Waals surface area contributed by atoms with Crippen molar-refractivity contribution in [3.8, 4) is 5.75 Å². The molecule has 1 aromatic carbocycles. The van der Waals surface area contributed by atoms with E-state index in [1.165, 1.54) is 10.4 Å². The van der Waals surface area contributed by atoms with Gasteiger partial charge in [-0.25, -0.2) is 17.1 Å². The Balaban J connectivity index is 1.25. The van der Waals surface area contributed by atoms with Gasteiger partial charge in [0.05, 0.1) is 18.4 Å². The van der Waals surface area contributed by atoms with Crippen molar-refractivity contribution in [1.29, 1.82) is 0 Å².